The van der Waals surface area contributed by atoms with Crippen LogP contribution in [0.3, 0.4) is 0 Å². The molecule has 1 aromatic carbocycles. The van der Waals surface area contributed by atoms with Crippen LogP contribution in [0.1, 0.15) is 0 Å². The summed E-state index contributed by atoms with van der Waals surface area (Å²) in [5.41, 5.74) is 0. The number of thiophene rings is 1. The zero-order valence-corrected chi connectivity index (χ0v) is 7.48. The molecule has 65 valence electrons. The zero-order chi connectivity index (χ0) is 9.10. The van der Waals surface area contributed by atoms with Gasteiger partial charge in [0.05, 0.1) is 0 Å². The minimum atomic E-state index is -0.259. The highest BCUT2D eigenvalue weighted by Crippen LogP contribution is 2.25. The number of hydrogen-bond acceptors (Lipinski definition) is 2. The van der Waals surface area contributed by atoms with Crippen molar-refractivity contribution < 1.29 is 9.13 Å². The highest BCUT2D eigenvalue weighted by molar-refractivity contribution is 7.11. The van der Waals surface area contributed by atoms with Gasteiger partial charge in [-0.1, -0.05) is 0 Å². The molecule has 0 amide bonds. The van der Waals surface area contributed by atoms with E-state index >= 15 is 0 Å². The van der Waals surface area contributed by atoms with Crippen molar-refractivity contribution in [3.63, 3.8) is 0 Å². The maximum Gasteiger partial charge on any atom is 0.181 e. The van der Waals surface area contributed by atoms with Crippen LogP contribution in [-0.2, 0) is 0 Å². The molecule has 13 heavy (non-hydrogen) atoms. The molecule has 3 heteroatoms. The van der Waals surface area contributed by atoms with E-state index < -0.39 is 0 Å². The van der Waals surface area contributed by atoms with E-state index in [-0.39, 0.29) is 5.82 Å². The van der Waals surface area contributed by atoms with Gasteiger partial charge in [-0.2, -0.15) is 0 Å². The second-order valence-electron chi connectivity index (χ2n) is 2.42. The number of rotatable bonds is 2. The Bertz CT molecular complexity index is 366. The van der Waals surface area contributed by atoms with E-state index in [2.05, 4.69) is 6.07 Å². The SMILES string of the molecule is Fc1ccc(Oc2c[c]cs2)cc1. The van der Waals surface area contributed by atoms with E-state index in [9.17, 15) is 4.39 Å². The Morgan fingerprint density at radius 2 is 2.00 bits per heavy atom. The molecular weight excluding hydrogens is 187 g/mol. The summed E-state index contributed by atoms with van der Waals surface area (Å²) >= 11 is 1.45. The second-order valence-corrected chi connectivity index (χ2v) is 3.30. The largest absolute Gasteiger partial charge is 0.447 e. The van der Waals surface area contributed by atoms with Gasteiger partial charge in [-0.25, -0.2) is 4.39 Å². The maximum absolute atomic E-state index is 12.5. The molecule has 0 aliphatic heterocycles. The standard InChI is InChI=1S/C10H6FOS/c11-8-3-5-9(6-4-8)12-10-2-1-7-13-10/h2-7H. The average Bonchev–Trinajstić information content (AvgIpc) is 2.62. The van der Waals surface area contributed by atoms with Crippen LogP contribution in [0.2, 0.25) is 0 Å². The van der Waals surface area contributed by atoms with E-state index in [1.165, 1.54) is 23.5 Å². The molecule has 0 unspecified atom stereocenters. The van der Waals surface area contributed by atoms with Crippen molar-refractivity contribution in [2.75, 3.05) is 0 Å². The van der Waals surface area contributed by atoms with Crippen LogP contribution in [0.5, 0.6) is 10.8 Å². The van der Waals surface area contributed by atoms with Crippen LogP contribution in [0, 0.1) is 11.9 Å². The third-order valence-electron chi connectivity index (χ3n) is 1.48. The topological polar surface area (TPSA) is 9.23 Å². The molecule has 1 nitrogen and oxygen atoms in total. The zero-order valence-electron chi connectivity index (χ0n) is 6.66. The molecule has 0 fully saturated rings. The molecule has 1 heterocycles. The minimum Gasteiger partial charge on any atom is -0.447 e. The molecule has 0 aliphatic rings. The number of benzene rings is 1. The van der Waals surface area contributed by atoms with Gasteiger partial charge in [0, 0.05) is 11.4 Å². The van der Waals surface area contributed by atoms with Crippen LogP contribution < -0.4 is 4.74 Å². The van der Waals surface area contributed by atoms with Crippen LogP contribution in [-0.4, -0.2) is 0 Å². The summed E-state index contributed by atoms with van der Waals surface area (Å²) in [5.74, 6) is 0.377. The van der Waals surface area contributed by atoms with Gasteiger partial charge in [0.25, 0.3) is 0 Å². The second kappa shape index (κ2) is 3.58. The molecule has 1 radical (unpaired) electrons. The predicted molar refractivity (Wildman–Crippen MR) is 49.6 cm³/mol. The van der Waals surface area contributed by atoms with Gasteiger partial charge in [0.15, 0.2) is 5.06 Å². The monoisotopic (exact) mass is 193 g/mol. The molecule has 0 atom stereocenters. The fraction of sp³-hybridized carbons (Fsp3) is 0. The molecule has 0 saturated carbocycles. The summed E-state index contributed by atoms with van der Waals surface area (Å²) in [5, 5.41) is 2.56. The lowest BCUT2D eigenvalue weighted by Gasteiger charge is -2.00. The van der Waals surface area contributed by atoms with Crippen LogP contribution >= 0.6 is 11.3 Å². The molecule has 0 saturated heterocycles. The van der Waals surface area contributed by atoms with Gasteiger partial charge < -0.3 is 4.74 Å². The van der Waals surface area contributed by atoms with Gasteiger partial charge >= 0.3 is 0 Å². The van der Waals surface area contributed by atoms with Crippen molar-refractivity contribution >= 4 is 11.3 Å². The third kappa shape index (κ3) is 2.06. The van der Waals surface area contributed by atoms with E-state index in [1.54, 1.807) is 23.6 Å². The van der Waals surface area contributed by atoms with Gasteiger partial charge in [0.1, 0.15) is 11.6 Å². The molecular formula is C10H6FOS. The van der Waals surface area contributed by atoms with Gasteiger partial charge in [-0.15, -0.1) is 11.3 Å². The average molecular weight is 193 g/mol. The maximum atomic E-state index is 12.5. The smallest absolute Gasteiger partial charge is 0.181 e. The Labute approximate surface area is 79.4 Å². The molecule has 2 rings (SSSR count). The Hall–Kier alpha value is -1.35. The molecule has 0 spiro atoms. The first-order valence-corrected chi connectivity index (χ1v) is 4.60. The Balaban J connectivity index is 2.15. The highest BCUT2D eigenvalue weighted by Gasteiger charge is 1.97. The molecule has 0 aliphatic carbocycles. The van der Waals surface area contributed by atoms with Crippen molar-refractivity contribution in [1.82, 2.24) is 0 Å². The van der Waals surface area contributed by atoms with Crippen LogP contribution in [0.25, 0.3) is 0 Å². The number of halogens is 1. The van der Waals surface area contributed by atoms with Crippen molar-refractivity contribution in [2.45, 2.75) is 0 Å². The predicted octanol–water partition coefficient (Wildman–Crippen LogP) is 3.48. The number of ether oxygens (including phenoxy) is 1. The van der Waals surface area contributed by atoms with Crippen LogP contribution in [0.4, 0.5) is 4.39 Å². The lowest BCUT2D eigenvalue weighted by atomic mass is 10.3. The quantitative estimate of drug-likeness (QED) is 0.709. The molecule has 1 aromatic heterocycles. The Kier molecular flexibility index (Phi) is 2.27. The summed E-state index contributed by atoms with van der Waals surface area (Å²) < 4.78 is 17.9. The lowest BCUT2D eigenvalue weighted by molar-refractivity contribution is 0.494. The van der Waals surface area contributed by atoms with E-state index in [0.717, 1.165) is 5.06 Å². The summed E-state index contributed by atoms with van der Waals surface area (Å²) in [6.45, 7) is 0. The normalized spacial score (nSPS) is 9.92. The highest BCUT2D eigenvalue weighted by atomic mass is 32.1. The summed E-state index contributed by atoms with van der Waals surface area (Å²) in [7, 11) is 0. The summed E-state index contributed by atoms with van der Waals surface area (Å²) in [6, 6.07) is 10.5. The molecule has 2 aromatic rings. The fourth-order valence-corrected chi connectivity index (χ4v) is 1.43. The van der Waals surface area contributed by atoms with Crippen molar-refractivity contribution in [2.24, 2.45) is 0 Å². The fourth-order valence-electron chi connectivity index (χ4n) is 0.900. The van der Waals surface area contributed by atoms with Gasteiger partial charge in [-0.3, -0.25) is 0 Å². The van der Waals surface area contributed by atoms with E-state index in [4.69, 9.17) is 4.74 Å². The van der Waals surface area contributed by atoms with E-state index in [1.807, 2.05) is 0 Å². The van der Waals surface area contributed by atoms with Gasteiger partial charge in [0.2, 0.25) is 0 Å². The number of hydrogen-bond donors (Lipinski definition) is 0. The van der Waals surface area contributed by atoms with E-state index in [0.29, 0.717) is 5.75 Å². The summed E-state index contributed by atoms with van der Waals surface area (Å²) in [4.78, 5) is 0. The first kappa shape index (κ1) is 8.26. The Morgan fingerprint density at radius 1 is 1.23 bits per heavy atom. The lowest BCUT2D eigenvalue weighted by Crippen LogP contribution is -1.80. The molecule has 0 N–H and O–H groups in total. The molecule has 0 bridgehead atoms. The van der Waals surface area contributed by atoms with Crippen molar-refractivity contribution in [3.05, 3.63) is 47.6 Å². The first-order valence-electron chi connectivity index (χ1n) is 3.72. The van der Waals surface area contributed by atoms with Crippen molar-refractivity contribution in [3.8, 4) is 10.8 Å². The summed E-state index contributed by atoms with van der Waals surface area (Å²) in [6.07, 6.45) is 0. The van der Waals surface area contributed by atoms with Crippen molar-refractivity contribution in [1.29, 1.82) is 0 Å². The minimum absolute atomic E-state index is 0.259. The van der Waals surface area contributed by atoms with Crippen LogP contribution in [0.15, 0.2) is 35.7 Å². The van der Waals surface area contributed by atoms with Gasteiger partial charge in [-0.05, 0) is 30.3 Å². The first-order chi connectivity index (χ1) is 6.34. The Morgan fingerprint density at radius 3 is 2.62 bits per heavy atom. The third-order valence-corrected chi connectivity index (χ3v) is 2.16.